The number of benzene rings is 2. The number of amides is 1. The summed E-state index contributed by atoms with van der Waals surface area (Å²) in [6, 6.07) is 10.4. The molecule has 0 saturated carbocycles. The van der Waals surface area contributed by atoms with E-state index in [4.69, 9.17) is 26.8 Å². The van der Waals surface area contributed by atoms with Crippen LogP contribution in [0.3, 0.4) is 0 Å². The Kier molecular flexibility index (Phi) is 9.25. The molecule has 222 valence electrons. The highest BCUT2D eigenvalue weighted by Crippen LogP contribution is 2.35. The maximum Gasteiger partial charge on any atom is 0.251 e. The van der Waals surface area contributed by atoms with Crippen LogP contribution >= 0.6 is 11.6 Å². The summed E-state index contributed by atoms with van der Waals surface area (Å²) in [4.78, 5) is 39.1. The molecule has 0 aliphatic carbocycles. The number of nitrogens with two attached hydrogens (primary N) is 1. The molecular formula is C33H36ClFN2O5. The van der Waals surface area contributed by atoms with Crippen LogP contribution in [0.5, 0.6) is 0 Å². The molecule has 3 aromatic rings. The van der Waals surface area contributed by atoms with Crippen LogP contribution in [0, 0.1) is 11.7 Å². The number of carbonyl (C=O) groups excluding carboxylic acids is 2. The zero-order chi connectivity index (χ0) is 30.0. The molecule has 1 saturated heterocycles. The minimum atomic E-state index is -0.880. The third-order valence-corrected chi connectivity index (χ3v) is 8.52. The molecule has 2 N–H and O–H groups in total. The van der Waals surface area contributed by atoms with Crippen molar-refractivity contribution in [1.29, 1.82) is 0 Å². The fourth-order valence-corrected chi connectivity index (χ4v) is 6.08. The quantitative estimate of drug-likeness (QED) is 0.354. The van der Waals surface area contributed by atoms with Gasteiger partial charge in [0.15, 0.2) is 5.78 Å². The van der Waals surface area contributed by atoms with Gasteiger partial charge < -0.3 is 19.8 Å². The van der Waals surface area contributed by atoms with Gasteiger partial charge in [-0.25, -0.2) is 4.39 Å². The SMILES string of the molecule is CC(C)[C@@H]1Cc2ccc(Cl)cc2-c2cc(=O)n([C@@H](C[C@@H]3CCCCO3)C(=O)Cc3ccc(C(N)=O)c(F)c3)cc2CO1. The summed E-state index contributed by atoms with van der Waals surface area (Å²) in [7, 11) is 0. The summed E-state index contributed by atoms with van der Waals surface area (Å²) in [6.07, 6.45) is 5.11. The van der Waals surface area contributed by atoms with Gasteiger partial charge in [0.1, 0.15) is 5.82 Å². The Bertz CT molecular complexity index is 1550. The molecule has 7 nitrogen and oxygen atoms in total. The van der Waals surface area contributed by atoms with E-state index in [1.165, 1.54) is 16.7 Å². The van der Waals surface area contributed by atoms with E-state index in [1.54, 1.807) is 12.3 Å². The molecule has 1 aromatic heterocycles. The first kappa shape index (κ1) is 30.1. The van der Waals surface area contributed by atoms with Crippen LogP contribution < -0.4 is 11.3 Å². The monoisotopic (exact) mass is 594 g/mol. The molecule has 5 rings (SSSR count). The van der Waals surface area contributed by atoms with Crippen LogP contribution in [0.25, 0.3) is 11.1 Å². The van der Waals surface area contributed by atoms with Crippen molar-refractivity contribution in [2.24, 2.45) is 11.7 Å². The predicted molar refractivity (Wildman–Crippen MR) is 159 cm³/mol. The zero-order valence-corrected chi connectivity index (χ0v) is 24.7. The Balaban J connectivity index is 1.55. The van der Waals surface area contributed by atoms with Crippen molar-refractivity contribution in [2.75, 3.05) is 6.61 Å². The second kappa shape index (κ2) is 12.9. The van der Waals surface area contributed by atoms with E-state index >= 15 is 0 Å². The number of pyridine rings is 1. The molecule has 2 aromatic carbocycles. The predicted octanol–water partition coefficient (Wildman–Crippen LogP) is 5.82. The van der Waals surface area contributed by atoms with Gasteiger partial charge in [0.25, 0.3) is 11.5 Å². The Morgan fingerprint density at radius 3 is 2.55 bits per heavy atom. The lowest BCUT2D eigenvalue weighted by Crippen LogP contribution is -2.35. The number of Topliss-reactive ketones (excluding diaryl/α,β-unsaturated/α-hetero) is 1. The summed E-state index contributed by atoms with van der Waals surface area (Å²) < 4.78 is 28.3. The number of aromatic nitrogens is 1. The van der Waals surface area contributed by atoms with E-state index in [2.05, 4.69) is 13.8 Å². The minimum absolute atomic E-state index is 0.0372. The van der Waals surface area contributed by atoms with Gasteiger partial charge in [-0.1, -0.05) is 37.6 Å². The third-order valence-electron chi connectivity index (χ3n) is 8.29. The van der Waals surface area contributed by atoms with Gasteiger partial charge in [0, 0.05) is 42.3 Å². The Hall–Kier alpha value is -3.33. The first-order valence-electron chi connectivity index (χ1n) is 14.5. The van der Waals surface area contributed by atoms with E-state index in [1.807, 2.05) is 18.2 Å². The van der Waals surface area contributed by atoms with Crippen LogP contribution in [-0.2, 0) is 33.7 Å². The highest BCUT2D eigenvalue weighted by molar-refractivity contribution is 6.30. The molecule has 2 aliphatic heterocycles. The number of nitrogens with zero attached hydrogens (tertiary/aromatic N) is 1. The van der Waals surface area contributed by atoms with Gasteiger partial charge in [0.05, 0.1) is 30.4 Å². The van der Waals surface area contributed by atoms with Crippen LogP contribution in [0.4, 0.5) is 4.39 Å². The smallest absolute Gasteiger partial charge is 0.251 e. The number of primary amides is 1. The molecule has 0 radical (unpaired) electrons. The first-order valence-corrected chi connectivity index (χ1v) is 14.9. The second-order valence-electron chi connectivity index (χ2n) is 11.6. The zero-order valence-electron chi connectivity index (χ0n) is 23.9. The van der Waals surface area contributed by atoms with E-state index < -0.39 is 17.8 Å². The van der Waals surface area contributed by atoms with Crippen molar-refractivity contribution in [3.05, 3.63) is 92.1 Å². The van der Waals surface area contributed by atoms with Crippen molar-refractivity contribution >= 4 is 23.3 Å². The number of halogens is 2. The standard InChI is InChI=1S/C33H36ClFN2O5/c1-19(2)31-13-21-7-8-23(34)14-26(21)27-16-32(39)37(17-22(27)18-42-31)29(15-24-5-3-4-10-41-24)30(38)12-20-6-9-25(33(36)40)28(35)11-20/h6-9,11,14,16-17,19,24,29,31H,3-5,10,12-13,15,18H2,1-2H3,(H2,36,40)/t24-,29-,31-/m0/s1. The molecule has 2 aliphatic rings. The minimum Gasteiger partial charge on any atom is -0.378 e. The number of fused-ring (bicyclic) bond motifs is 3. The fraction of sp³-hybridized carbons (Fsp3) is 0.424. The summed E-state index contributed by atoms with van der Waals surface area (Å²) in [5.74, 6) is -1.66. The van der Waals surface area contributed by atoms with E-state index in [-0.39, 0.29) is 48.1 Å². The van der Waals surface area contributed by atoms with E-state index in [0.29, 0.717) is 30.0 Å². The van der Waals surface area contributed by atoms with Gasteiger partial charge in [-0.3, -0.25) is 14.4 Å². The lowest BCUT2D eigenvalue weighted by Gasteiger charge is -2.30. The molecule has 0 spiro atoms. The molecule has 0 unspecified atom stereocenters. The van der Waals surface area contributed by atoms with E-state index in [0.717, 1.165) is 47.6 Å². The van der Waals surface area contributed by atoms with Crippen LogP contribution in [0.1, 0.15) is 72.6 Å². The topological polar surface area (TPSA) is 101 Å². The highest BCUT2D eigenvalue weighted by atomic mass is 35.5. The molecule has 9 heteroatoms. The van der Waals surface area contributed by atoms with Gasteiger partial charge in [-0.2, -0.15) is 0 Å². The van der Waals surface area contributed by atoms with Crippen molar-refractivity contribution in [3.63, 3.8) is 0 Å². The van der Waals surface area contributed by atoms with Crippen LogP contribution in [0.2, 0.25) is 5.02 Å². The average molecular weight is 595 g/mol. The van der Waals surface area contributed by atoms with Crippen molar-refractivity contribution in [3.8, 4) is 11.1 Å². The Morgan fingerprint density at radius 1 is 1.07 bits per heavy atom. The maximum absolute atomic E-state index is 14.5. The number of hydrogen-bond donors (Lipinski definition) is 1. The largest absolute Gasteiger partial charge is 0.378 e. The number of carbonyl (C=O) groups is 2. The van der Waals surface area contributed by atoms with E-state index in [9.17, 15) is 18.8 Å². The summed E-state index contributed by atoms with van der Waals surface area (Å²) in [6.45, 7) is 5.10. The summed E-state index contributed by atoms with van der Waals surface area (Å²) >= 11 is 6.40. The molecule has 1 fully saturated rings. The summed E-state index contributed by atoms with van der Waals surface area (Å²) in [5, 5.41) is 0.573. The molecule has 3 atom stereocenters. The van der Waals surface area contributed by atoms with Crippen molar-refractivity contribution < 1.29 is 23.5 Å². The van der Waals surface area contributed by atoms with Gasteiger partial charge in [-0.05, 0) is 78.1 Å². The average Bonchev–Trinajstić information content (AvgIpc) is 2.94. The number of hydrogen-bond acceptors (Lipinski definition) is 5. The normalized spacial score (nSPS) is 19.4. The molecule has 0 bridgehead atoms. The Labute approximate surface area is 249 Å². The molecule has 42 heavy (non-hydrogen) atoms. The van der Waals surface area contributed by atoms with Crippen molar-refractivity contribution in [1.82, 2.24) is 4.57 Å². The molecule has 3 heterocycles. The number of rotatable bonds is 8. The third kappa shape index (κ3) is 6.66. The fourth-order valence-electron chi connectivity index (χ4n) is 5.91. The van der Waals surface area contributed by atoms with Crippen LogP contribution in [0.15, 0.2) is 53.5 Å². The molecular weight excluding hydrogens is 559 g/mol. The number of ether oxygens (including phenoxy) is 2. The first-order chi connectivity index (χ1) is 20.1. The lowest BCUT2D eigenvalue weighted by atomic mass is 9.89. The van der Waals surface area contributed by atoms with Gasteiger partial charge in [-0.15, -0.1) is 0 Å². The number of ketones is 1. The highest BCUT2D eigenvalue weighted by Gasteiger charge is 2.30. The van der Waals surface area contributed by atoms with Crippen LogP contribution in [-0.4, -0.2) is 35.1 Å². The van der Waals surface area contributed by atoms with Gasteiger partial charge >= 0.3 is 0 Å². The Morgan fingerprint density at radius 2 is 1.86 bits per heavy atom. The second-order valence-corrected chi connectivity index (χ2v) is 12.1. The maximum atomic E-state index is 14.5. The summed E-state index contributed by atoms with van der Waals surface area (Å²) in [5.41, 5.74) is 8.51. The molecule has 1 amide bonds. The van der Waals surface area contributed by atoms with Crippen molar-refractivity contribution in [2.45, 2.75) is 77.2 Å². The lowest BCUT2D eigenvalue weighted by molar-refractivity contribution is -0.123. The van der Waals surface area contributed by atoms with Gasteiger partial charge in [0.2, 0.25) is 0 Å².